The SMILES string of the molecule is [CH]C(c1cccs1)C(O)C(=O)OC1CC2(O)C(OC(=O)c3ccccc3)C3C4(O)COC4CC[C@@]3(C)C(=O)CC(=C1C)C2(C)C. The second-order valence-electron chi connectivity index (χ2n) is 13.8. The molecule has 0 amide bonds. The summed E-state index contributed by atoms with van der Waals surface area (Å²) in [7, 11) is 0. The van der Waals surface area contributed by atoms with Gasteiger partial charge in [0.2, 0.25) is 0 Å². The smallest absolute Gasteiger partial charge is 0.338 e. The summed E-state index contributed by atoms with van der Waals surface area (Å²) in [6.45, 7) is 13.2. The predicted molar refractivity (Wildman–Crippen MR) is 164 cm³/mol. The zero-order valence-corrected chi connectivity index (χ0v) is 26.7. The van der Waals surface area contributed by atoms with Crippen molar-refractivity contribution in [1.29, 1.82) is 0 Å². The quantitative estimate of drug-likeness (QED) is 0.317. The van der Waals surface area contributed by atoms with Gasteiger partial charge >= 0.3 is 11.9 Å². The molecular weight excluding hydrogens is 596 g/mol. The highest BCUT2D eigenvalue weighted by Crippen LogP contribution is 2.63. The molecule has 1 saturated heterocycles. The van der Waals surface area contributed by atoms with E-state index in [9.17, 15) is 29.7 Å². The van der Waals surface area contributed by atoms with Crippen LogP contribution in [0.2, 0.25) is 0 Å². The van der Waals surface area contributed by atoms with Gasteiger partial charge in [0.05, 0.1) is 18.3 Å². The largest absolute Gasteiger partial charge is 0.456 e. The van der Waals surface area contributed by atoms with Crippen LogP contribution in [0.5, 0.6) is 0 Å². The summed E-state index contributed by atoms with van der Waals surface area (Å²) in [6.07, 6.45) is -4.19. The number of aliphatic hydroxyl groups excluding tert-OH is 1. The van der Waals surface area contributed by atoms with Crippen LogP contribution >= 0.6 is 11.3 Å². The van der Waals surface area contributed by atoms with Gasteiger partial charge in [-0.3, -0.25) is 4.79 Å². The summed E-state index contributed by atoms with van der Waals surface area (Å²) in [5, 5.41) is 37.8. The van der Waals surface area contributed by atoms with Crippen LogP contribution in [-0.4, -0.2) is 75.3 Å². The molecule has 2 heterocycles. The molecule has 240 valence electrons. The first kappa shape index (κ1) is 32.1. The molecule has 3 aliphatic carbocycles. The Morgan fingerprint density at radius 2 is 1.80 bits per heavy atom. The molecule has 6 rings (SSSR count). The van der Waals surface area contributed by atoms with E-state index in [1.165, 1.54) is 11.3 Å². The lowest BCUT2D eigenvalue weighted by Crippen LogP contribution is -2.77. The maximum atomic E-state index is 14.4. The maximum Gasteiger partial charge on any atom is 0.338 e. The van der Waals surface area contributed by atoms with Gasteiger partial charge in [-0.2, -0.15) is 0 Å². The van der Waals surface area contributed by atoms with Gasteiger partial charge in [0.15, 0.2) is 6.10 Å². The average Bonchev–Trinajstić information content (AvgIpc) is 3.55. The van der Waals surface area contributed by atoms with Crippen LogP contribution in [0.15, 0.2) is 59.0 Å². The normalized spacial score (nSPS) is 36.8. The van der Waals surface area contributed by atoms with Crippen molar-refractivity contribution in [3.05, 3.63) is 76.4 Å². The molecule has 2 bridgehead atoms. The number of hydrogen-bond acceptors (Lipinski definition) is 10. The monoisotopic (exact) mass is 636 g/mol. The summed E-state index contributed by atoms with van der Waals surface area (Å²) in [6, 6.07) is 11.8. The van der Waals surface area contributed by atoms with Crippen molar-refractivity contribution in [2.24, 2.45) is 16.7 Å². The van der Waals surface area contributed by atoms with Crippen LogP contribution in [0.4, 0.5) is 0 Å². The lowest BCUT2D eigenvalue weighted by Gasteiger charge is -2.65. The van der Waals surface area contributed by atoms with E-state index < -0.39 is 70.2 Å². The van der Waals surface area contributed by atoms with Gasteiger partial charge in [0, 0.05) is 40.4 Å². The third-order valence-corrected chi connectivity index (χ3v) is 12.2. The summed E-state index contributed by atoms with van der Waals surface area (Å²) in [5.41, 5.74) is -4.38. The molecule has 2 aromatic rings. The van der Waals surface area contributed by atoms with Crippen molar-refractivity contribution in [2.75, 3.05) is 6.61 Å². The van der Waals surface area contributed by atoms with E-state index in [0.717, 1.165) is 0 Å². The van der Waals surface area contributed by atoms with Gasteiger partial charge in [-0.25, -0.2) is 9.59 Å². The van der Waals surface area contributed by atoms with Gasteiger partial charge in [-0.15, -0.1) is 11.3 Å². The van der Waals surface area contributed by atoms with Crippen LogP contribution in [0, 0.1) is 23.7 Å². The fourth-order valence-corrected chi connectivity index (χ4v) is 8.96. The minimum absolute atomic E-state index is 0.0551. The summed E-state index contributed by atoms with van der Waals surface area (Å²) >= 11 is 1.30. The molecule has 8 unspecified atom stereocenters. The Hall–Kier alpha value is -2.89. The number of hydrogen-bond donors (Lipinski definition) is 3. The number of carbonyl (C=O) groups is 3. The number of benzene rings is 1. The minimum atomic E-state index is -1.92. The molecule has 9 atom stereocenters. The minimum Gasteiger partial charge on any atom is -0.456 e. The first-order chi connectivity index (χ1) is 21.1. The molecule has 0 spiro atoms. The van der Waals surface area contributed by atoms with Crippen molar-refractivity contribution in [1.82, 2.24) is 0 Å². The number of aliphatic hydroxyl groups is 3. The first-order valence-electron chi connectivity index (χ1n) is 15.4. The maximum absolute atomic E-state index is 14.4. The molecule has 45 heavy (non-hydrogen) atoms. The number of thiophene rings is 1. The van der Waals surface area contributed by atoms with Crippen LogP contribution in [-0.2, 0) is 23.8 Å². The molecule has 4 aliphatic rings. The number of esters is 2. The standard InChI is InChI=1S/C35H40O9S/c1-19-22-16-25(36)33(5)14-13-26-34(40,18-42-26)28(33)29(44-30(38)21-10-7-6-8-11-21)35(41,32(22,3)4)17-23(19)43-31(39)27(37)20(2)24-12-9-15-45-24/h2,6-12,15,20,23,26-29,37,40-41H,13-14,16-18H2,1,3-5H3/t20?,23?,26?,27?,28?,29?,33-,34?,35?/m0/s1. The molecule has 2 saturated carbocycles. The Bertz CT molecular complexity index is 1520. The van der Waals surface area contributed by atoms with E-state index in [1.807, 2.05) is 0 Å². The van der Waals surface area contributed by atoms with Gasteiger partial charge < -0.3 is 29.5 Å². The second-order valence-corrected chi connectivity index (χ2v) is 14.8. The Morgan fingerprint density at radius 3 is 2.42 bits per heavy atom. The first-order valence-corrected chi connectivity index (χ1v) is 16.3. The van der Waals surface area contributed by atoms with Gasteiger partial charge in [0.25, 0.3) is 0 Å². The fraction of sp³-hybridized carbons (Fsp3) is 0.543. The van der Waals surface area contributed by atoms with Crippen LogP contribution in [0.25, 0.3) is 0 Å². The van der Waals surface area contributed by atoms with E-state index >= 15 is 0 Å². The third kappa shape index (κ3) is 4.83. The number of ketones is 1. The third-order valence-electron chi connectivity index (χ3n) is 11.2. The average molecular weight is 637 g/mol. The van der Waals surface area contributed by atoms with E-state index in [0.29, 0.717) is 28.9 Å². The molecule has 9 nitrogen and oxygen atoms in total. The zero-order valence-electron chi connectivity index (χ0n) is 25.9. The van der Waals surface area contributed by atoms with Crippen LogP contribution < -0.4 is 0 Å². The summed E-state index contributed by atoms with van der Waals surface area (Å²) in [5.74, 6) is -3.89. The Balaban J connectivity index is 1.45. The van der Waals surface area contributed by atoms with E-state index in [2.05, 4.69) is 0 Å². The number of rotatable bonds is 6. The highest BCUT2D eigenvalue weighted by molar-refractivity contribution is 7.10. The molecule has 3 N–H and O–H groups in total. The summed E-state index contributed by atoms with van der Waals surface area (Å²) < 4.78 is 17.9. The fourth-order valence-electron chi connectivity index (χ4n) is 8.20. The molecule has 10 heteroatoms. The number of fused-ring (bicyclic) bond motifs is 5. The number of ether oxygens (including phenoxy) is 3. The van der Waals surface area contributed by atoms with E-state index in [4.69, 9.17) is 21.1 Å². The van der Waals surface area contributed by atoms with Crippen molar-refractivity contribution in [3.63, 3.8) is 0 Å². The Morgan fingerprint density at radius 1 is 1.09 bits per heavy atom. The van der Waals surface area contributed by atoms with Crippen LogP contribution in [0.3, 0.4) is 0 Å². The lowest BCUT2D eigenvalue weighted by atomic mass is 9.46. The topological polar surface area (TPSA) is 140 Å². The molecule has 2 radical (unpaired) electrons. The van der Waals surface area contributed by atoms with Gasteiger partial charge in [0.1, 0.15) is 29.2 Å². The second kappa shape index (κ2) is 11.1. The van der Waals surface area contributed by atoms with E-state index in [1.54, 1.807) is 75.5 Å². The predicted octanol–water partition coefficient (Wildman–Crippen LogP) is 4.04. The van der Waals surface area contributed by atoms with Crippen molar-refractivity contribution in [3.8, 4) is 0 Å². The molecule has 1 aliphatic heterocycles. The van der Waals surface area contributed by atoms with Crippen LogP contribution in [0.1, 0.15) is 74.5 Å². The number of carbonyl (C=O) groups excluding carboxylic acids is 3. The lowest BCUT2D eigenvalue weighted by molar-refractivity contribution is -0.328. The highest BCUT2D eigenvalue weighted by Gasteiger charge is 2.73. The molecule has 3 fully saturated rings. The van der Waals surface area contributed by atoms with Gasteiger partial charge in [-0.05, 0) is 55.8 Å². The van der Waals surface area contributed by atoms with Crippen molar-refractivity contribution in [2.45, 2.75) is 94.9 Å². The molecule has 1 aromatic carbocycles. The molecule has 1 aromatic heterocycles. The van der Waals surface area contributed by atoms with Crippen molar-refractivity contribution < 1.29 is 43.9 Å². The summed E-state index contributed by atoms with van der Waals surface area (Å²) in [4.78, 5) is 42.0. The van der Waals surface area contributed by atoms with E-state index in [-0.39, 0.29) is 30.8 Å². The van der Waals surface area contributed by atoms with Crippen molar-refractivity contribution >= 4 is 29.1 Å². The zero-order chi connectivity index (χ0) is 32.5. The Kier molecular flexibility index (Phi) is 7.93. The number of Topliss-reactive ketones (excluding diaryl/α,β-unsaturated/α-hetero) is 1. The highest BCUT2D eigenvalue weighted by atomic mass is 32.1. The Labute approximate surface area is 267 Å². The van der Waals surface area contributed by atoms with Gasteiger partial charge in [-0.1, -0.05) is 50.6 Å². The molecular formula is C35H40O9S.